The Morgan fingerprint density at radius 1 is 1.32 bits per heavy atom. The molecule has 0 saturated carbocycles. The first-order valence-corrected chi connectivity index (χ1v) is 6.99. The molecule has 0 saturated heterocycles. The van der Waals surface area contributed by atoms with E-state index in [-0.39, 0.29) is 5.82 Å². The fourth-order valence-electron chi connectivity index (χ4n) is 2.10. The van der Waals surface area contributed by atoms with Crippen molar-refractivity contribution in [1.29, 1.82) is 0 Å². The van der Waals surface area contributed by atoms with Gasteiger partial charge in [-0.1, -0.05) is 31.5 Å². The van der Waals surface area contributed by atoms with Crippen molar-refractivity contribution in [3.63, 3.8) is 0 Å². The maximum atomic E-state index is 12.2. The molecule has 1 aromatic carbocycles. The van der Waals surface area contributed by atoms with Gasteiger partial charge in [-0.15, -0.1) is 5.10 Å². The molecule has 1 atom stereocenters. The molecule has 0 aliphatic heterocycles. The molecule has 2 rings (SSSR count). The second kappa shape index (κ2) is 6.38. The molecule has 0 bridgehead atoms. The number of aliphatic carboxylic acids is 1. The number of carbonyl (C=O) groups excluding carboxylic acids is 1. The van der Waals surface area contributed by atoms with Gasteiger partial charge >= 0.3 is 5.97 Å². The summed E-state index contributed by atoms with van der Waals surface area (Å²) in [7, 11) is 0. The molecule has 7 nitrogen and oxygen atoms in total. The highest BCUT2D eigenvalue weighted by atomic mass is 16.4. The van der Waals surface area contributed by atoms with Gasteiger partial charge in [0.15, 0.2) is 0 Å². The first-order chi connectivity index (χ1) is 10.5. The summed E-state index contributed by atoms with van der Waals surface area (Å²) in [5.74, 6) is -1.74. The van der Waals surface area contributed by atoms with Crippen LogP contribution in [0.1, 0.15) is 37.3 Å². The highest BCUT2D eigenvalue weighted by molar-refractivity contribution is 5.94. The predicted octanol–water partition coefficient (Wildman–Crippen LogP) is 1.64. The Labute approximate surface area is 128 Å². The van der Waals surface area contributed by atoms with E-state index in [4.69, 9.17) is 0 Å². The average molecular weight is 302 g/mol. The standard InChI is InChI=1S/C15H18N4O3/c1-3-9-15(2,14(21)22)17-13(20)12-16-10-19(18-12)11-7-5-4-6-8-11/h4-8,10H,3,9H2,1-2H3,(H,17,20)(H,21,22). The molecule has 1 aromatic heterocycles. The lowest BCUT2D eigenvalue weighted by Crippen LogP contribution is -2.52. The molecule has 116 valence electrons. The molecular weight excluding hydrogens is 284 g/mol. The summed E-state index contributed by atoms with van der Waals surface area (Å²) in [5, 5.41) is 15.9. The Morgan fingerprint density at radius 2 is 2.00 bits per heavy atom. The third kappa shape index (κ3) is 3.30. The summed E-state index contributed by atoms with van der Waals surface area (Å²) >= 11 is 0. The number of carbonyl (C=O) groups is 2. The van der Waals surface area contributed by atoms with Gasteiger partial charge in [0, 0.05) is 0 Å². The number of hydrogen-bond donors (Lipinski definition) is 2. The van der Waals surface area contributed by atoms with Gasteiger partial charge in [0.2, 0.25) is 5.82 Å². The molecule has 1 amide bonds. The Morgan fingerprint density at radius 3 is 2.59 bits per heavy atom. The minimum atomic E-state index is -1.33. The number of nitrogens with zero attached hydrogens (tertiary/aromatic N) is 3. The van der Waals surface area contributed by atoms with E-state index >= 15 is 0 Å². The second-order valence-electron chi connectivity index (χ2n) is 5.19. The maximum absolute atomic E-state index is 12.2. The van der Waals surface area contributed by atoms with Crippen LogP contribution in [0.4, 0.5) is 0 Å². The summed E-state index contributed by atoms with van der Waals surface area (Å²) in [4.78, 5) is 27.5. The number of hydrogen-bond acceptors (Lipinski definition) is 4. The van der Waals surface area contributed by atoms with Gasteiger partial charge in [0.25, 0.3) is 5.91 Å². The summed E-state index contributed by atoms with van der Waals surface area (Å²) in [5.41, 5.74) is -0.562. The van der Waals surface area contributed by atoms with Crippen LogP contribution >= 0.6 is 0 Å². The number of benzene rings is 1. The largest absolute Gasteiger partial charge is 0.480 e. The first-order valence-electron chi connectivity index (χ1n) is 6.99. The quantitative estimate of drug-likeness (QED) is 0.845. The lowest BCUT2D eigenvalue weighted by Gasteiger charge is -2.24. The van der Waals surface area contributed by atoms with Crippen molar-refractivity contribution in [1.82, 2.24) is 20.1 Å². The van der Waals surface area contributed by atoms with Gasteiger partial charge < -0.3 is 10.4 Å². The van der Waals surface area contributed by atoms with Crippen molar-refractivity contribution >= 4 is 11.9 Å². The van der Waals surface area contributed by atoms with Gasteiger partial charge in [0.1, 0.15) is 11.9 Å². The molecule has 2 N–H and O–H groups in total. The van der Waals surface area contributed by atoms with Gasteiger partial charge in [-0.3, -0.25) is 4.79 Å². The number of rotatable bonds is 6. The molecule has 1 heterocycles. The molecule has 7 heteroatoms. The second-order valence-corrected chi connectivity index (χ2v) is 5.19. The number of carboxylic acid groups (broad SMARTS) is 1. The Balaban J connectivity index is 2.17. The lowest BCUT2D eigenvalue weighted by atomic mass is 9.96. The first kappa shape index (κ1) is 15.7. The van der Waals surface area contributed by atoms with Crippen molar-refractivity contribution < 1.29 is 14.7 Å². The molecular formula is C15H18N4O3. The van der Waals surface area contributed by atoms with Crippen LogP contribution in [0.2, 0.25) is 0 Å². The Bertz CT molecular complexity index is 668. The zero-order valence-corrected chi connectivity index (χ0v) is 12.5. The predicted molar refractivity (Wildman–Crippen MR) is 79.8 cm³/mol. The van der Waals surface area contributed by atoms with E-state index in [9.17, 15) is 14.7 Å². The number of aromatic nitrogens is 3. The average Bonchev–Trinajstić information content (AvgIpc) is 2.98. The third-order valence-corrected chi connectivity index (χ3v) is 3.33. The van der Waals surface area contributed by atoms with Crippen LogP contribution in [0.15, 0.2) is 36.7 Å². The fraction of sp³-hybridized carbons (Fsp3) is 0.333. The highest BCUT2D eigenvalue weighted by Crippen LogP contribution is 2.13. The molecule has 0 aliphatic rings. The Hall–Kier alpha value is -2.70. The molecule has 0 fully saturated rings. The maximum Gasteiger partial charge on any atom is 0.329 e. The van der Waals surface area contributed by atoms with E-state index in [0.29, 0.717) is 12.8 Å². The topological polar surface area (TPSA) is 97.1 Å². The SMILES string of the molecule is CCCC(C)(NC(=O)c1ncn(-c2ccccc2)n1)C(=O)O. The molecule has 2 aromatic rings. The Kier molecular flexibility index (Phi) is 4.55. The van der Waals surface area contributed by atoms with Crippen LogP contribution in [-0.2, 0) is 4.79 Å². The van der Waals surface area contributed by atoms with Crippen LogP contribution in [0.25, 0.3) is 5.69 Å². The van der Waals surface area contributed by atoms with E-state index in [2.05, 4.69) is 15.4 Å². The highest BCUT2D eigenvalue weighted by Gasteiger charge is 2.35. The van der Waals surface area contributed by atoms with Crippen LogP contribution in [0, 0.1) is 0 Å². The van der Waals surface area contributed by atoms with Crippen molar-refractivity contribution in [3.8, 4) is 5.69 Å². The van der Waals surface area contributed by atoms with Gasteiger partial charge in [-0.2, -0.15) is 0 Å². The number of carboxylic acids is 1. The molecule has 0 radical (unpaired) electrons. The smallest absolute Gasteiger partial charge is 0.329 e. The number of para-hydroxylation sites is 1. The minimum Gasteiger partial charge on any atom is -0.480 e. The van der Waals surface area contributed by atoms with E-state index in [1.54, 1.807) is 0 Å². The lowest BCUT2D eigenvalue weighted by molar-refractivity contribution is -0.144. The summed E-state index contributed by atoms with van der Waals surface area (Å²) in [6.07, 6.45) is 2.38. The van der Waals surface area contributed by atoms with Gasteiger partial charge in [-0.25, -0.2) is 14.5 Å². The van der Waals surface area contributed by atoms with Crippen LogP contribution < -0.4 is 5.32 Å². The zero-order valence-electron chi connectivity index (χ0n) is 12.5. The van der Waals surface area contributed by atoms with Crippen molar-refractivity contribution in [3.05, 3.63) is 42.5 Å². The molecule has 1 unspecified atom stereocenters. The summed E-state index contributed by atoms with van der Waals surface area (Å²) < 4.78 is 1.47. The third-order valence-electron chi connectivity index (χ3n) is 3.33. The summed E-state index contributed by atoms with van der Waals surface area (Å²) in [6, 6.07) is 9.22. The van der Waals surface area contributed by atoms with E-state index in [1.165, 1.54) is 17.9 Å². The van der Waals surface area contributed by atoms with E-state index in [0.717, 1.165) is 5.69 Å². The monoisotopic (exact) mass is 302 g/mol. The van der Waals surface area contributed by atoms with Crippen LogP contribution in [0.5, 0.6) is 0 Å². The van der Waals surface area contributed by atoms with Crippen LogP contribution in [0.3, 0.4) is 0 Å². The molecule has 0 spiro atoms. The van der Waals surface area contributed by atoms with Crippen molar-refractivity contribution in [2.45, 2.75) is 32.2 Å². The van der Waals surface area contributed by atoms with E-state index < -0.39 is 17.4 Å². The normalized spacial score (nSPS) is 13.4. The number of amides is 1. The molecule has 0 aliphatic carbocycles. The van der Waals surface area contributed by atoms with Crippen molar-refractivity contribution in [2.24, 2.45) is 0 Å². The minimum absolute atomic E-state index is 0.0626. The number of nitrogens with one attached hydrogen (secondary N) is 1. The van der Waals surface area contributed by atoms with Gasteiger partial charge in [0.05, 0.1) is 5.69 Å². The van der Waals surface area contributed by atoms with Crippen molar-refractivity contribution in [2.75, 3.05) is 0 Å². The van der Waals surface area contributed by atoms with E-state index in [1.807, 2.05) is 37.3 Å². The van der Waals surface area contributed by atoms with Crippen LogP contribution in [-0.4, -0.2) is 37.3 Å². The molecule has 22 heavy (non-hydrogen) atoms. The zero-order chi connectivity index (χ0) is 16.2. The summed E-state index contributed by atoms with van der Waals surface area (Å²) in [6.45, 7) is 3.33. The fourth-order valence-corrected chi connectivity index (χ4v) is 2.10. The van der Waals surface area contributed by atoms with Gasteiger partial charge in [-0.05, 0) is 25.5 Å².